The number of esters is 1. The molecule has 0 aliphatic carbocycles. The van der Waals surface area contributed by atoms with E-state index in [9.17, 15) is 9.59 Å². The molecule has 2 aromatic rings. The first-order valence-electron chi connectivity index (χ1n) is 9.16. The van der Waals surface area contributed by atoms with Gasteiger partial charge in [-0.25, -0.2) is 4.79 Å². The van der Waals surface area contributed by atoms with Crippen LogP contribution in [0, 0.1) is 0 Å². The van der Waals surface area contributed by atoms with E-state index in [1.165, 1.54) is 0 Å². The Kier molecular flexibility index (Phi) is 6.37. The molecule has 1 aliphatic heterocycles. The van der Waals surface area contributed by atoms with Crippen LogP contribution in [0.2, 0.25) is 0 Å². The number of benzene rings is 2. The molecule has 0 fully saturated rings. The number of hydrogen-bond acceptors (Lipinski definition) is 6. The lowest BCUT2D eigenvalue weighted by Crippen LogP contribution is -2.31. The maximum absolute atomic E-state index is 12.2. The molecule has 3 rings (SSSR count). The third-order valence-electron chi connectivity index (χ3n) is 4.18. The van der Waals surface area contributed by atoms with Crippen LogP contribution in [0.25, 0.3) is 0 Å². The van der Waals surface area contributed by atoms with Crippen LogP contribution in [0.5, 0.6) is 17.2 Å². The van der Waals surface area contributed by atoms with Crippen molar-refractivity contribution >= 4 is 11.9 Å². The molecule has 0 spiro atoms. The largest absolute Gasteiger partial charge is 0.493 e. The van der Waals surface area contributed by atoms with E-state index in [0.29, 0.717) is 37.1 Å². The Morgan fingerprint density at radius 2 is 1.86 bits per heavy atom. The quantitative estimate of drug-likeness (QED) is 0.738. The van der Waals surface area contributed by atoms with E-state index in [1.54, 1.807) is 24.3 Å². The fourth-order valence-corrected chi connectivity index (χ4v) is 2.82. The molecule has 1 N–H and O–H groups in total. The number of nitrogens with one attached hydrogen (secondary N) is 1. The molecular formula is C21H23NO6. The lowest BCUT2D eigenvalue weighted by Gasteiger charge is -2.21. The summed E-state index contributed by atoms with van der Waals surface area (Å²) in [6.45, 7) is 4.74. The van der Waals surface area contributed by atoms with Gasteiger partial charge in [-0.3, -0.25) is 4.79 Å². The van der Waals surface area contributed by atoms with E-state index < -0.39 is 11.9 Å². The summed E-state index contributed by atoms with van der Waals surface area (Å²) in [6.07, 6.45) is 0. The van der Waals surface area contributed by atoms with E-state index in [-0.39, 0.29) is 18.2 Å². The summed E-state index contributed by atoms with van der Waals surface area (Å²) in [5, 5.41) is 2.81. The van der Waals surface area contributed by atoms with Crippen molar-refractivity contribution in [3.8, 4) is 17.2 Å². The molecule has 7 nitrogen and oxygen atoms in total. The summed E-state index contributed by atoms with van der Waals surface area (Å²) in [5.74, 6) is 0.773. The van der Waals surface area contributed by atoms with Gasteiger partial charge in [-0.05, 0) is 43.7 Å². The van der Waals surface area contributed by atoms with Gasteiger partial charge in [0.25, 0.3) is 5.91 Å². The van der Waals surface area contributed by atoms with Gasteiger partial charge in [0.2, 0.25) is 0 Å². The van der Waals surface area contributed by atoms with Gasteiger partial charge in [-0.2, -0.15) is 0 Å². The van der Waals surface area contributed by atoms with Crippen molar-refractivity contribution in [2.45, 2.75) is 19.9 Å². The molecule has 28 heavy (non-hydrogen) atoms. The summed E-state index contributed by atoms with van der Waals surface area (Å²) in [5.41, 5.74) is 1.16. The number of ether oxygens (including phenoxy) is 4. The van der Waals surface area contributed by atoms with Crippen molar-refractivity contribution in [3.63, 3.8) is 0 Å². The van der Waals surface area contributed by atoms with Crippen molar-refractivity contribution in [2.24, 2.45) is 0 Å². The van der Waals surface area contributed by atoms with Crippen LogP contribution < -0.4 is 19.5 Å². The molecule has 2 aromatic carbocycles. The molecule has 148 valence electrons. The number of fused-ring (bicyclic) bond motifs is 1. The highest BCUT2D eigenvalue weighted by molar-refractivity contribution is 5.94. The van der Waals surface area contributed by atoms with Crippen molar-refractivity contribution in [1.82, 2.24) is 5.32 Å². The van der Waals surface area contributed by atoms with Gasteiger partial charge >= 0.3 is 5.97 Å². The second kappa shape index (κ2) is 9.12. The Morgan fingerprint density at radius 3 is 2.64 bits per heavy atom. The smallest absolute Gasteiger partial charge is 0.342 e. The van der Waals surface area contributed by atoms with E-state index in [4.69, 9.17) is 18.9 Å². The van der Waals surface area contributed by atoms with Crippen LogP contribution in [0.15, 0.2) is 42.5 Å². The Labute approximate surface area is 163 Å². The highest BCUT2D eigenvalue weighted by Gasteiger charge is 2.18. The summed E-state index contributed by atoms with van der Waals surface area (Å²) in [6, 6.07) is 12.0. The Bertz CT molecular complexity index is 851. The van der Waals surface area contributed by atoms with Gasteiger partial charge < -0.3 is 24.3 Å². The first-order chi connectivity index (χ1) is 13.6. The first-order valence-corrected chi connectivity index (χ1v) is 9.16. The fraction of sp³-hybridized carbons (Fsp3) is 0.333. The van der Waals surface area contributed by atoms with Gasteiger partial charge in [0.15, 0.2) is 18.1 Å². The summed E-state index contributed by atoms with van der Waals surface area (Å²) >= 11 is 0. The average Bonchev–Trinajstić information content (AvgIpc) is 2.72. The van der Waals surface area contributed by atoms with Gasteiger partial charge in [-0.1, -0.05) is 18.2 Å². The second-order valence-corrected chi connectivity index (χ2v) is 6.20. The number of carbonyl (C=O) groups is 2. The molecule has 1 heterocycles. The normalized spacial score (nSPS) is 13.4. The molecule has 1 unspecified atom stereocenters. The maximum atomic E-state index is 12.2. The van der Waals surface area contributed by atoms with E-state index in [2.05, 4.69) is 5.32 Å². The van der Waals surface area contributed by atoms with Crippen LogP contribution in [0.3, 0.4) is 0 Å². The lowest BCUT2D eigenvalue weighted by molar-refractivity contribution is -0.124. The van der Waals surface area contributed by atoms with Gasteiger partial charge in [0, 0.05) is 0 Å². The number of hydrogen-bond donors (Lipinski definition) is 1. The number of rotatable bonds is 7. The Hall–Kier alpha value is -3.22. The van der Waals surface area contributed by atoms with Crippen LogP contribution in [0.4, 0.5) is 0 Å². The predicted octanol–water partition coefficient (Wildman–Crippen LogP) is 2.89. The molecule has 1 atom stereocenters. The monoisotopic (exact) mass is 385 g/mol. The highest BCUT2D eigenvalue weighted by atomic mass is 16.6. The van der Waals surface area contributed by atoms with Crippen molar-refractivity contribution in [3.05, 3.63) is 53.6 Å². The summed E-state index contributed by atoms with van der Waals surface area (Å²) in [7, 11) is 0. The topological polar surface area (TPSA) is 83.1 Å². The maximum Gasteiger partial charge on any atom is 0.342 e. The fourth-order valence-electron chi connectivity index (χ4n) is 2.82. The highest BCUT2D eigenvalue weighted by Crippen LogP contribution is 2.32. The lowest BCUT2D eigenvalue weighted by atomic mass is 10.1. The van der Waals surface area contributed by atoms with Crippen molar-refractivity contribution in [2.75, 3.05) is 26.4 Å². The van der Waals surface area contributed by atoms with E-state index >= 15 is 0 Å². The molecule has 0 bridgehead atoms. The molecular weight excluding hydrogens is 362 g/mol. The number of carbonyl (C=O) groups excluding carboxylic acids is 2. The average molecular weight is 385 g/mol. The summed E-state index contributed by atoms with van der Waals surface area (Å²) < 4.78 is 21.6. The van der Waals surface area contributed by atoms with Gasteiger partial charge in [-0.15, -0.1) is 0 Å². The molecule has 0 saturated heterocycles. The van der Waals surface area contributed by atoms with Gasteiger partial charge in [0.05, 0.1) is 12.6 Å². The molecule has 1 aliphatic rings. The minimum Gasteiger partial charge on any atom is -0.493 e. The molecule has 0 radical (unpaired) electrons. The third-order valence-corrected chi connectivity index (χ3v) is 4.18. The second-order valence-electron chi connectivity index (χ2n) is 6.20. The van der Waals surface area contributed by atoms with Crippen LogP contribution in [-0.4, -0.2) is 38.3 Å². The van der Waals surface area contributed by atoms with Crippen molar-refractivity contribution < 1.29 is 28.5 Å². The minimum absolute atomic E-state index is 0.280. The molecule has 0 aromatic heterocycles. The number of amides is 1. The Balaban J connectivity index is 1.55. The van der Waals surface area contributed by atoms with Gasteiger partial charge in [0.1, 0.15) is 24.5 Å². The molecule has 1 amide bonds. The van der Waals surface area contributed by atoms with E-state index in [1.807, 2.05) is 32.0 Å². The van der Waals surface area contributed by atoms with Crippen LogP contribution in [0.1, 0.15) is 35.8 Å². The zero-order valence-corrected chi connectivity index (χ0v) is 15.9. The standard InChI is InChI=1S/C21H23NO6/c1-3-25-17-7-5-4-6-16(17)21(24)28-13-20(23)22-14(2)15-8-9-18-19(12-15)27-11-10-26-18/h4-9,12,14H,3,10-11,13H2,1-2H3,(H,22,23). The number of para-hydroxylation sites is 1. The Morgan fingerprint density at radius 1 is 1.11 bits per heavy atom. The van der Waals surface area contributed by atoms with Crippen LogP contribution >= 0.6 is 0 Å². The zero-order valence-electron chi connectivity index (χ0n) is 15.9. The molecule has 7 heteroatoms. The molecule has 0 saturated carbocycles. The first kappa shape index (κ1) is 19.5. The SMILES string of the molecule is CCOc1ccccc1C(=O)OCC(=O)NC(C)c1ccc2c(c1)OCCO2. The predicted molar refractivity (Wildman–Crippen MR) is 102 cm³/mol. The summed E-state index contributed by atoms with van der Waals surface area (Å²) in [4.78, 5) is 24.4. The third kappa shape index (κ3) is 4.73. The zero-order chi connectivity index (χ0) is 19.9. The van der Waals surface area contributed by atoms with E-state index in [0.717, 1.165) is 5.56 Å². The van der Waals surface area contributed by atoms with Crippen molar-refractivity contribution in [1.29, 1.82) is 0 Å². The minimum atomic E-state index is -0.605. The van der Waals surface area contributed by atoms with Crippen LogP contribution in [-0.2, 0) is 9.53 Å².